The Balaban J connectivity index is 1.87. The van der Waals surface area contributed by atoms with Crippen molar-refractivity contribution in [1.82, 2.24) is 5.32 Å². The van der Waals surface area contributed by atoms with Crippen LogP contribution in [-0.4, -0.2) is 12.6 Å². The Labute approximate surface area is 95.0 Å². The van der Waals surface area contributed by atoms with Crippen molar-refractivity contribution in [3.8, 4) is 0 Å². The molecule has 0 spiro atoms. The topological polar surface area (TPSA) is 12.0 Å². The van der Waals surface area contributed by atoms with Gasteiger partial charge in [-0.25, -0.2) is 0 Å². The fourth-order valence-corrected chi connectivity index (χ4v) is 3.40. The van der Waals surface area contributed by atoms with E-state index in [-0.39, 0.29) is 0 Å². The summed E-state index contributed by atoms with van der Waals surface area (Å²) in [7, 11) is 0. The summed E-state index contributed by atoms with van der Waals surface area (Å²) in [6, 6.07) is 0.845. The molecule has 1 nitrogen and oxygen atoms in total. The van der Waals surface area contributed by atoms with Gasteiger partial charge in [-0.15, -0.1) is 0 Å². The van der Waals surface area contributed by atoms with E-state index in [9.17, 15) is 0 Å². The van der Waals surface area contributed by atoms with E-state index in [0.29, 0.717) is 0 Å². The van der Waals surface area contributed by atoms with Gasteiger partial charge in [0.1, 0.15) is 0 Å². The van der Waals surface area contributed by atoms with Crippen molar-refractivity contribution in [2.24, 2.45) is 23.7 Å². The fourth-order valence-electron chi connectivity index (χ4n) is 3.40. The molecule has 0 aromatic carbocycles. The lowest BCUT2D eigenvalue weighted by atomic mass is 9.77. The van der Waals surface area contributed by atoms with Crippen LogP contribution in [0.3, 0.4) is 0 Å². The lowest BCUT2D eigenvalue weighted by Gasteiger charge is -2.33. The lowest BCUT2D eigenvalue weighted by Crippen LogP contribution is -2.40. The minimum Gasteiger partial charge on any atom is -0.314 e. The molecule has 2 fully saturated rings. The highest BCUT2D eigenvalue weighted by Crippen LogP contribution is 2.45. The van der Waals surface area contributed by atoms with Gasteiger partial charge in [-0.05, 0) is 49.5 Å². The second-order valence-electron chi connectivity index (χ2n) is 5.98. The van der Waals surface area contributed by atoms with E-state index in [4.69, 9.17) is 0 Å². The summed E-state index contributed by atoms with van der Waals surface area (Å²) in [4.78, 5) is 0. The van der Waals surface area contributed by atoms with Gasteiger partial charge in [0.2, 0.25) is 0 Å². The van der Waals surface area contributed by atoms with Crippen LogP contribution in [0.4, 0.5) is 0 Å². The smallest absolute Gasteiger partial charge is 0.0126 e. The van der Waals surface area contributed by atoms with Crippen LogP contribution in [0.5, 0.6) is 0 Å². The molecule has 2 rings (SSSR count). The average Bonchev–Trinajstić information content (AvgIpc) is 2.93. The quantitative estimate of drug-likeness (QED) is 0.748. The highest BCUT2D eigenvalue weighted by atomic mass is 14.9. The molecule has 0 heterocycles. The molecule has 2 saturated carbocycles. The highest BCUT2D eigenvalue weighted by Gasteiger charge is 2.42. The zero-order valence-electron chi connectivity index (χ0n) is 10.6. The van der Waals surface area contributed by atoms with Gasteiger partial charge in [0, 0.05) is 6.04 Å². The molecule has 0 radical (unpaired) electrons. The van der Waals surface area contributed by atoms with Crippen molar-refractivity contribution in [2.75, 3.05) is 6.54 Å². The molecule has 0 amide bonds. The number of hydrogen-bond donors (Lipinski definition) is 1. The monoisotopic (exact) mass is 209 g/mol. The van der Waals surface area contributed by atoms with E-state index in [1.165, 1.54) is 32.1 Å². The van der Waals surface area contributed by atoms with E-state index >= 15 is 0 Å². The summed E-state index contributed by atoms with van der Waals surface area (Å²) in [5.74, 6) is 3.97. The predicted molar refractivity (Wildman–Crippen MR) is 65.9 cm³/mol. The maximum atomic E-state index is 3.76. The predicted octanol–water partition coefficient (Wildman–Crippen LogP) is 3.45. The Morgan fingerprint density at radius 2 is 1.73 bits per heavy atom. The van der Waals surface area contributed by atoms with Crippen LogP contribution in [0.25, 0.3) is 0 Å². The summed E-state index contributed by atoms with van der Waals surface area (Å²) in [6.45, 7) is 8.24. The maximum absolute atomic E-state index is 3.76. The molecule has 0 bridgehead atoms. The van der Waals surface area contributed by atoms with Crippen molar-refractivity contribution in [1.29, 1.82) is 0 Å². The molecule has 2 aliphatic rings. The molecule has 1 heteroatoms. The van der Waals surface area contributed by atoms with Gasteiger partial charge in [0.05, 0.1) is 0 Å². The molecule has 1 N–H and O–H groups in total. The van der Waals surface area contributed by atoms with Crippen molar-refractivity contribution in [2.45, 2.75) is 58.9 Å². The van der Waals surface area contributed by atoms with Crippen LogP contribution in [0.15, 0.2) is 0 Å². The Bertz CT molecular complexity index is 194. The van der Waals surface area contributed by atoms with Crippen LogP contribution >= 0.6 is 0 Å². The van der Waals surface area contributed by atoms with Gasteiger partial charge >= 0.3 is 0 Å². The lowest BCUT2D eigenvalue weighted by molar-refractivity contribution is 0.212. The van der Waals surface area contributed by atoms with Gasteiger partial charge in [-0.3, -0.25) is 0 Å². The average molecular weight is 209 g/mol. The van der Waals surface area contributed by atoms with E-state index in [1.807, 2.05) is 0 Å². The normalized spacial score (nSPS) is 42.6. The van der Waals surface area contributed by atoms with E-state index in [0.717, 1.165) is 36.3 Å². The van der Waals surface area contributed by atoms with Crippen molar-refractivity contribution >= 4 is 0 Å². The van der Waals surface area contributed by atoms with Crippen molar-refractivity contribution in [3.63, 3.8) is 0 Å². The molecule has 3 atom stereocenters. The number of nitrogens with one attached hydrogen (secondary N) is 1. The van der Waals surface area contributed by atoms with E-state index in [2.05, 4.69) is 26.1 Å². The maximum Gasteiger partial charge on any atom is 0.0126 e. The Hall–Kier alpha value is -0.0400. The Kier molecular flexibility index (Phi) is 3.71. The highest BCUT2D eigenvalue weighted by molar-refractivity contribution is 4.96. The molecule has 2 aliphatic carbocycles. The summed E-state index contributed by atoms with van der Waals surface area (Å²) >= 11 is 0. The summed E-state index contributed by atoms with van der Waals surface area (Å²) < 4.78 is 0. The van der Waals surface area contributed by atoms with E-state index in [1.54, 1.807) is 0 Å². The van der Waals surface area contributed by atoms with Crippen LogP contribution in [0, 0.1) is 23.7 Å². The first-order valence-corrected chi connectivity index (χ1v) is 6.95. The molecule has 0 saturated heterocycles. The van der Waals surface area contributed by atoms with Crippen LogP contribution < -0.4 is 5.32 Å². The second kappa shape index (κ2) is 4.86. The van der Waals surface area contributed by atoms with E-state index < -0.39 is 0 Å². The molecule has 15 heavy (non-hydrogen) atoms. The third-order valence-electron chi connectivity index (χ3n) is 4.64. The standard InChI is InChI=1S/C14H27N/c1-4-15-14(13-9-11(13)3)12-7-5-10(2)6-8-12/h10-15H,4-9H2,1-3H3. The first-order valence-electron chi connectivity index (χ1n) is 6.95. The second-order valence-corrected chi connectivity index (χ2v) is 5.98. The molecule has 88 valence electrons. The third kappa shape index (κ3) is 2.75. The molecular weight excluding hydrogens is 182 g/mol. The van der Waals surface area contributed by atoms with Gasteiger partial charge in [0.15, 0.2) is 0 Å². The Morgan fingerprint density at radius 3 is 2.20 bits per heavy atom. The van der Waals surface area contributed by atoms with Crippen molar-refractivity contribution in [3.05, 3.63) is 0 Å². The minimum atomic E-state index is 0.845. The first kappa shape index (κ1) is 11.4. The van der Waals surface area contributed by atoms with Gasteiger partial charge in [-0.1, -0.05) is 33.6 Å². The summed E-state index contributed by atoms with van der Waals surface area (Å²) in [6.07, 6.45) is 7.36. The van der Waals surface area contributed by atoms with Crippen molar-refractivity contribution < 1.29 is 0 Å². The third-order valence-corrected chi connectivity index (χ3v) is 4.64. The van der Waals surface area contributed by atoms with Gasteiger partial charge < -0.3 is 5.32 Å². The largest absolute Gasteiger partial charge is 0.314 e. The minimum absolute atomic E-state index is 0.845. The van der Waals surface area contributed by atoms with Crippen LogP contribution in [0.2, 0.25) is 0 Å². The van der Waals surface area contributed by atoms with Gasteiger partial charge in [0.25, 0.3) is 0 Å². The molecule has 3 unspecified atom stereocenters. The summed E-state index contributed by atoms with van der Waals surface area (Å²) in [5.41, 5.74) is 0. The molecule has 0 aliphatic heterocycles. The molecular formula is C14H27N. The Morgan fingerprint density at radius 1 is 1.13 bits per heavy atom. The SMILES string of the molecule is CCNC(C1CCC(C)CC1)C1CC1C. The number of hydrogen-bond acceptors (Lipinski definition) is 1. The first-order chi connectivity index (χ1) is 7.22. The molecule has 0 aromatic heterocycles. The summed E-state index contributed by atoms with van der Waals surface area (Å²) in [5, 5.41) is 3.76. The van der Waals surface area contributed by atoms with Gasteiger partial charge in [-0.2, -0.15) is 0 Å². The molecule has 0 aromatic rings. The van der Waals surface area contributed by atoms with Crippen LogP contribution in [-0.2, 0) is 0 Å². The number of rotatable bonds is 4. The van der Waals surface area contributed by atoms with Crippen LogP contribution in [0.1, 0.15) is 52.9 Å². The fraction of sp³-hybridized carbons (Fsp3) is 1.00. The zero-order chi connectivity index (χ0) is 10.8. The zero-order valence-corrected chi connectivity index (χ0v) is 10.6.